The monoisotopic (exact) mass is 244 g/mol. The number of nitrogens with zero attached hydrogens (tertiary/aromatic N) is 2. The van der Waals surface area contributed by atoms with Gasteiger partial charge >= 0.3 is 5.97 Å². The molecule has 0 spiro atoms. The maximum Gasteiger partial charge on any atom is 0.340 e. The minimum Gasteiger partial charge on any atom is -0.478 e. The number of hydrogen-bond acceptors (Lipinski definition) is 5. The second-order valence-corrected chi connectivity index (χ2v) is 5.39. The summed E-state index contributed by atoms with van der Waals surface area (Å²) in [6.45, 7) is 3.99. The van der Waals surface area contributed by atoms with Gasteiger partial charge in [-0.3, -0.25) is 0 Å². The molecule has 4 nitrogen and oxygen atoms in total. The van der Waals surface area contributed by atoms with Crippen LogP contribution in [0.2, 0.25) is 0 Å². The van der Waals surface area contributed by atoms with Gasteiger partial charge in [-0.15, -0.1) is 11.8 Å². The first-order chi connectivity index (χ1) is 7.04. The summed E-state index contributed by atoms with van der Waals surface area (Å²) in [5.41, 5.74) is 0.173. The van der Waals surface area contributed by atoms with E-state index in [0.29, 0.717) is 15.4 Å². The van der Waals surface area contributed by atoms with Gasteiger partial charge in [-0.2, -0.15) is 0 Å². The van der Waals surface area contributed by atoms with Crippen molar-refractivity contribution in [2.24, 2.45) is 0 Å². The number of aromatic carboxylic acids is 1. The van der Waals surface area contributed by atoms with E-state index in [4.69, 9.17) is 5.11 Å². The smallest absolute Gasteiger partial charge is 0.340 e. The van der Waals surface area contributed by atoms with Crippen molar-refractivity contribution in [2.75, 3.05) is 6.26 Å². The van der Waals surface area contributed by atoms with Crippen molar-refractivity contribution in [1.29, 1.82) is 0 Å². The van der Waals surface area contributed by atoms with Crippen molar-refractivity contribution < 1.29 is 9.90 Å². The summed E-state index contributed by atoms with van der Waals surface area (Å²) in [6.07, 6.45) is 3.23. The zero-order chi connectivity index (χ0) is 11.4. The van der Waals surface area contributed by atoms with Crippen molar-refractivity contribution in [1.82, 2.24) is 9.97 Å². The lowest BCUT2D eigenvalue weighted by Crippen LogP contribution is -2.04. The first kappa shape index (κ1) is 12.3. The average molecular weight is 244 g/mol. The third-order valence-corrected chi connectivity index (χ3v) is 3.06. The number of thioether (sulfide) groups is 2. The van der Waals surface area contributed by atoms with Crippen LogP contribution in [0, 0.1) is 0 Å². The highest BCUT2D eigenvalue weighted by atomic mass is 32.2. The quantitative estimate of drug-likeness (QED) is 0.498. The molecule has 0 aliphatic carbocycles. The largest absolute Gasteiger partial charge is 0.478 e. The summed E-state index contributed by atoms with van der Waals surface area (Å²) in [7, 11) is 0. The second-order valence-electron chi connectivity index (χ2n) is 3.05. The van der Waals surface area contributed by atoms with Gasteiger partial charge in [-0.05, 0) is 6.26 Å². The molecule has 15 heavy (non-hydrogen) atoms. The van der Waals surface area contributed by atoms with Gasteiger partial charge in [0.25, 0.3) is 0 Å². The Morgan fingerprint density at radius 3 is 2.67 bits per heavy atom. The van der Waals surface area contributed by atoms with E-state index in [1.165, 1.54) is 29.7 Å². The molecule has 0 atom stereocenters. The van der Waals surface area contributed by atoms with Crippen molar-refractivity contribution >= 4 is 29.5 Å². The van der Waals surface area contributed by atoms with Crippen LogP contribution >= 0.6 is 23.5 Å². The molecule has 0 fully saturated rings. The summed E-state index contributed by atoms with van der Waals surface area (Å²) in [4.78, 5) is 19.0. The van der Waals surface area contributed by atoms with Gasteiger partial charge in [-0.1, -0.05) is 25.6 Å². The van der Waals surface area contributed by atoms with Crippen molar-refractivity contribution in [3.63, 3.8) is 0 Å². The molecule has 1 heterocycles. The molecule has 0 unspecified atom stereocenters. The molecule has 0 saturated heterocycles. The molecule has 82 valence electrons. The maximum atomic E-state index is 10.9. The van der Waals surface area contributed by atoms with E-state index in [-0.39, 0.29) is 5.56 Å². The number of rotatable bonds is 4. The molecule has 1 aromatic rings. The first-order valence-electron chi connectivity index (χ1n) is 4.35. The molecule has 1 aromatic heterocycles. The summed E-state index contributed by atoms with van der Waals surface area (Å²) in [5.74, 6) is -0.981. The highest BCUT2D eigenvalue weighted by Crippen LogP contribution is 2.25. The Balaban J connectivity index is 3.10. The van der Waals surface area contributed by atoms with Crippen LogP contribution in [0.1, 0.15) is 24.2 Å². The lowest BCUT2D eigenvalue weighted by atomic mass is 10.3. The third-order valence-electron chi connectivity index (χ3n) is 1.49. The Bertz CT molecular complexity index is 369. The Hall–Kier alpha value is -0.750. The lowest BCUT2D eigenvalue weighted by Gasteiger charge is -2.07. The zero-order valence-corrected chi connectivity index (χ0v) is 10.4. The lowest BCUT2D eigenvalue weighted by molar-refractivity contribution is 0.0691. The number of carbonyl (C=O) groups is 1. The Labute approximate surface area is 96.9 Å². The number of carboxylic acids is 1. The van der Waals surface area contributed by atoms with E-state index in [0.717, 1.165) is 0 Å². The molecule has 0 aliphatic heterocycles. The Morgan fingerprint density at radius 1 is 1.53 bits per heavy atom. The summed E-state index contributed by atoms with van der Waals surface area (Å²) in [5, 5.41) is 10.4. The van der Waals surface area contributed by atoms with Crippen LogP contribution in [0.5, 0.6) is 0 Å². The first-order valence-corrected chi connectivity index (χ1v) is 6.46. The van der Waals surface area contributed by atoms with Gasteiger partial charge < -0.3 is 5.11 Å². The van der Waals surface area contributed by atoms with Crippen molar-refractivity contribution in [2.45, 2.75) is 29.3 Å². The van der Waals surface area contributed by atoms with Gasteiger partial charge in [-0.25, -0.2) is 14.8 Å². The van der Waals surface area contributed by atoms with Crippen LogP contribution in [0.15, 0.2) is 16.4 Å². The minimum atomic E-state index is -0.981. The van der Waals surface area contributed by atoms with E-state index in [2.05, 4.69) is 9.97 Å². The normalized spacial score (nSPS) is 10.7. The van der Waals surface area contributed by atoms with Crippen LogP contribution in [0.4, 0.5) is 0 Å². The van der Waals surface area contributed by atoms with Gasteiger partial charge in [0.2, 0.25) is 0 Å². The van der Waals surface area contributed by atoms with Gasteiger partial charge in [0.1, 0.15) is 10.6 Å². The zero-order valence-electron chi connectivity index (χ0n) is 8.72. The van der Waals surface area contributed by atoms with Gasteiger partial charge in [0, 0.05) is 11.4 Å². The topological polar surface area (TPSA) is 63.1 Å². The SMILES string of the molecule is CSc1ncc(C(=O)O)c(SC(C)C)n1. The molecule has 0 saturated carbocycles. The fourth-order valence-electron chi connectivity index (χ4n) is 0.909. The van der Waals surface area contributed by atoms with E-state index in [9.17, 15) is 4.79 Å². The van der Waals surface area contributed by atoms with Crippen LogP contribution < -0.4 is 0 Å². The second kappa shape index (κ2) is 5.37. The van der Waals surface area contributed by atoms with Crippen molar-refractivity contribution in [3.05, 3.63) is 11.8 Å². The molecule has 0 aliphatic rings. The van der Waals surface area contributed by atoms with Crippen LogP contribution in [0.25, 0.3) is 0 Å². The molecular formula is C9H12N2O2S2. The molecule has 1 N–H and O–H groups in total. The molecule has 0 radical (unpaired) electrons. The standard InChI is InChI=1S/C9H12N2O2S2/c1-5(2)15-7-6(8(12)13)4-10-9(11-7)14-3/h4-5H,1-3H3,(H,12,13). The summed E-state index contributed by atoms with van der Waals surface area (Å²) < 4.78 is 0. The van der Waals surface area contributed by atoms with E-state index in [1.807, 2.05) is 20.1 Å². The summed E-state index contributed by atoms with van der Waals surface area (Å²) >= 11 is 2.84. The highest BCUT2D eigenvalue weighted by Gasteiger charge is 2.14. The maximum absolute atomic E-state index is 10.9. The van der Waals surface area contributed by atoms with Crippen LogP contribution in [0.3, 0.4) is 0 Å². The van der Waals surface area contributed by atoms with E-state index >= 15 is 0 Å². The third kappa shape index (κ3) is 3.39. The van der Waals surface area contributed by atoms with Crippen molar-refractivity contribution in [3.8, 4) is 0 Å². The van der Waals surface area contributed by atoms with Gasteiger partial charge in [0.05, 0.1) is 0 Å². The number of hydrogen-bond donors (Lipinski definition) is 1. The van der Waals surface area contributed by atoms with Crippen LogP contribution in [-0.2, 0) is 0 Å². The molecule has 0 aromatic carbocycles. The predicted molar refractivity (Wildman–Crippen MR) is 61.8 cm³/mol. The Morgan fingerprint density at radius 2 is 2.20 bits per heavy atom. The number of aromatic nitrogens is 2. The number of carboxylic acid groups (broad SMARTS) is 1. The highest BCUT2D eigenvalue weighted by molar-refractivity contribution is 8.00. The Kier molecular flexibility index (Phi) is 4.41. The molecule has 0 amide bonds. The minimum absolute atomic E-state index is 0.173. The average Bonchev–Trinajstić information content (AvgIpc) is 2.16. The van der Waals surface area contributed by atoms with E-state index in [1.54, 1.807) is 0 Å². The van der Waals surface area contributed by atoms with Gasteiger partial charge in [0.15, 0.2) is 5.16 Å². The molecule has 1 rings (SSSR count). The fourth-order valence-corrected chi connectivity index (χ4v) is 2.16. The predicted octanol–water partition coefficient (Wildman–Crippen LogP) is 2.40. The van der Waals surface area contributed by atoms with E-state index < -0.39 is 5.97 Å². The summed E-state index contributed by atoms with van der Waals surface area (Å²) in [6, 6.07) is 0. The molecule has 0 bridgehead atoms. The van der Waals surface area contributed by atoms with Crippen LogP contribution in [-0.4, -0.2) is 32.5 Å². The fraction of sp³-hybridized carbons (Fsp3) is 0.444. The molecular weight excluding hydrogens is 232 g/mol. The molecule has 6 heteroatoms.